The zero-order valence-electron chi connectivity index (χ0n) is 42.3. The number of aliphatic carboxylic acids is 1. The van der Waals surface area contributed by atoms with Crippen molar-refractivity contribution < 1.29 is 52.8 Å². The summed E-state index contributed by atoms with van der Waals surface area (Å²) >= 11 is 0. The first-order chi connectivity index (χ1) is 30.8. The molecule has 0 radical (unpaired) electrons. The van der Waals surface area contributed by atoms with E-state index in [0.29, 0.717) is 29.9 Å². The summed E-state index contributed by atoms with van der Waals surface area (Å²) in [5.74, 6) is -2.91. The maximum Gasteiger partial charge on any atom is 0.407 e. The van der Waals surface area contributed by atoms with E-state index in [-0.39, 0.29) is 44.8 Å². The lowest BCUT2D eigenvalue weighted by atomic mass is 10.0. The predicted octanol–water partition coefficient (Wildman–Crippen LogP) is 5.73. The van der Waals surface area contributed by atoms with E-state index in [2.05, 4.69) is 26.6 Å². The molecule has 0 saturated carbocycles. The van der Waals surface area contributed by atoms with Gasteiger partial charge in [-0.3, -0.25) is 19.2 Å². The van der Waals surface area contributed by atoms with E-state index in [1.165, 1.54) is 0 Å². The minimum absolute atomic E-state index is 0.0375. The lowest BCUT2D eigenvalue weighted by Crippen LogP contribution is -2.60. The van der Waals surface area contributed by atoms with Gasteiger partial charge in [-0.25, -0.2) is 9.59 Å². The van der Waals surface area contributed by atoms with Crippen LogP contribution < -0.4 is 41.8 Å². The lowest BCUT2D eigenvalue weighted by Gasteiger charge is -2.28. The van der Waals surface area contributed by atoms with E-state index >= 15 is 0 Å². The fraction of sp³-hybridized carbons (Fsp3) is 0.640. The SMILES string of the molecule is CC(C)C[C@H](NC(=O)[C@H](Cc1ccc(OC(C)(C)C)cc1)NC(=O)[C@H](CCCCNC(=O)OC(C)(C)C)NC(=O)[C@H](COC(C)(C)C)NC(=O)[C@@H](N)Cc1ccc(OC(C)(C)C)cc1)C(=O)O. The number of nitrogens with two attached hydrogens (primary N) is 1. The molecule has 17 nitrogen and oxygen atoms in total. The molecule has 2 aromatic carbocycles. The Morgan fingerprint density at radius 2 is 1.01 bits per heavy atom. The first kappa shape index (κ1) is 57.7. The maximum atomic E-state index is 14.4. The standard InChI is InChI=1S/C50H80N6O11/c1-31(2)27-39(45(61)62)55-43(59)38(29-33-20-24-35(25-21-33)66-49(9,10)11)54-42(58)37(17-15-16-26-52-46(63)67-50(12,13)14)53-44(60)40(30-64-47(3,4)5)56-41(57)36(51)28-32-18-22-34(23-19-32)65-48(6,7)8/h18-25,31,36-40H,15-17,26-30,51H2,1-14H3,(H,52,63)(H,53,60)(H,54,58)(H,55,59)(H,56,57)(H,61,62)/t36-,37-,38-,39-,40-/m0/s1. The average Bonchev–Trinajstić information content (AvgIpc) is 3.17. The molecule has 0 spiro atoms. The Bertz CT molecular complexity index is 1910. The van der Waals surface area contributed by atoms with Gasteiger partial charge in [0.2, 0.25) is 23.6 Å². The third kappa shape index (κ3) is 24.8. The predicted molar refractivity (Wildman–Crippen MR) is 258 cm³/mol. The Morgan fingerprint density at radius 1 is 0.567 bits per heavy atom. The number of nitrogens with one attached hydrogen (secondary N) is 5. The van der Waals surface area contributed by atoms with Gasteiger partial charge in [0, 0.05) is 13.0 Å². The highest BCUT2D eigenvalue weighted by atomic mass is 16.6. The van der Waals surface area contributed by atoms with Crippen LogP contribution in [0.25, 0.3) is 0 Å². The van der Waals surface area contributed by atoms with Crippen molar-refractivity contribution in [3.8, 4) is 11.5 Å². The Kier molecular flexibility index (Phi) is 22.1. The molecule has 0 aliphatic heterocycles. The van der Waals surface area contributed by atoms with Crippen LogP contribution in [0.3, 0.4) is 0 Å². The average molecular weight is 941 g/mol. The van der Waals surface area contributed by atoms with Crippen LogP contribution in [-0.2, 0) is 46.3 Å². The van der Waals surface area contributed by atoms with E-state index in [1.54, 1.807) is 77.9 Å². The molecule has 5 amide bonds. The second-order valence-corrected chi connectivity index (χ2v) is 21.3. The van der Waals surface area contributed by atoms with Crippen molar-refractivity contribution >= 4 is 35.7 Å². The molecule has 17 heteroatoms. The zero-order valence-corrected chi connectivity index (χ0v) is 42.3. The molecule has 0 heterocycles. The van der Waals surface area contributed by atoms with Crippen molar-refractivity contribution in [1.82, 2.24) is 26.6 Å². The summed E-state index contributed by atoms with van der Waals surface area (Å²) in [6.07, 6.45) is 0.381. The van der Waals surface area contributed by atoms with Crippen molar-refractivity contribution in [1.29, 1.82) is 0 Å². The molecule has 376 valence electrons. The summed E-state index contributed by atoms with van der Waals surface area (Å²) in [7, 11) is 0. The largest absolute Gasteiger partial charge is 0.488 e. The van der Waals surface area contributed by atoms with Gasteiger partial charge in [-0.1, -0.05) is 38.1 Å². The molecule has 0 fully saturated rings. The van der Waals surface area contributed by atoms with Crippen molar-refractivity contribution in [3.05, 3.63) is 59.7 Å². The topological polar surface area (TPSA) is 246 Å². The molecular formula is C50H80N6O11. The quantitative estimate of drug-likeness (QED) is 0.0624. The first-order valence-corrected chi connectivity index (χ1v) is 23.2. The Labute approximate surface area is 398 Å². The molecule has 0 bridgehead atoms. The zero-order chi connectivity index (χ0) is 50.9. The molecular weight excluding hydrogens is 861 g/mol. The second-order valence-electron chi connectivity index (χ2n) is 21.3. The monoisotopic (exact) mass is 941 g/mol. The maximum absolute atomic E-state index is 14.4. The third-order valence-corrected chi connectivity index (χ3v) is 9.42. The smallest absolute Gasteiger partial charge is 0.407 e. The first-order valence-electron chi connectivity index (χ1n) is 23.2. The minimum Gasteiger partial charge on any atom is -0.488 e. The Hall–Kier alpha value is -5.42. The fourth-order valence-corrected chi connectivity index (χ4v) is 6.44. The number of benzene rings is 2. The number of carbonyl (C=O) groups is 6. The van der Waals surface area contributed by atoms with Crippen LogP contribution in [0.5, 0.6) is 11.5 Å². The van der Waals surface area contributed by atoms with Crippen LogP contribution in [0, 0.1) is 5.92 Å². The number of carboxylic acid groups (broad SMARTS) is 1. The number of carboxylic acids is 1. The normalized spacial score (nSPS) is 14.4. The van der Waals surface area contributed by atoms with Gasteiger partial charge in [-0.15, -0.1) is 0 Å². The van der Waals surface area contributed by atoms with Gasteiger partial charge in [0.25, 0.3) is 0 Å². The molecule has 0 aliphatic carbocycles. The van der Waals surface area contributed by atoms with Crippen LogP contribution in [0.2, 0.25) is 0 Å². The molecule has 0 aliphatic rings. The highest BCUT2D eigenvalue weighted by Crippen LogP contribution is 2.21. The molecule has 67 heavy (non-hydrogen) atoms. The summed E-state index contributed by atoms with van der Waals surface area (Å²) < 4.78 is 23.1. The lowest BCUT2D eigenvalue weighted by molar-refractivity contribution is -0.142. The number of ether oxygens (including phenoxy) is 4. The summed E-state index contributed by atoms with van der Waals surface area (Å²) in [6, 6.07) is 8.03. The van der Waals surface area contributed by atoms with Crippen LogP contribution in [-0.4, -0.2) is 107 Å². The van der Waals surface area contributed by atoms with Gasteiger partial charge in [-0.2, -0.15) is 0 Å². The van der Waals surface area contributed by atoms with Crippen molar-refractivity contribution in [2.24, 2.45) is 11.7 Å². The van der Waals surface area contributed by atoms with Gasteiger partial charge in [0.1, 0.15) is 52.5 Å². The van der Waals surface area contributed by atoms with E-state index in [0.717, 1.165) is 5.56 Å². The highest BCUT2D eigenvalue weighted by molar-refractivity contribution is 5.95. The van der Waals surface area contributed by atoms with E-state index in [9.17, 15) is 33.9 Å². The third-order valence-electron chi connectivity index (χ3n) is 9.42. The molecule has 0 aromatic heterocycles. The number of hydrogen-bond donors (Lipinski definition) is 7. The number of unbranched alkanes of at least 4 members (excludes halogenated alkanes) is 1. The summed E-state index contributed by atoms with van der Waals surface area (Å²) in [5.41, 5.74) is 5.49. The number of rotatable bonds is 24. The van der Waals surface area contributed by atoms with Crippen molar-refractivity contribution in [2.45, 2.75) is 188 Å². The van der Waals surface area contributed by atoms with Gasteiger partial charge in [0.05, 0.1) is 18.2 Å². The van der Waals surface area contributed by atoms with E-state index in [1.807, 2.05) is 67.5 Å². The molecule has 5 atom stereocenters. The minimum atomic E-state index is -1.30. The number of carbonyl (C=O) groups excluding carboxylic acids is 5. The van der Waals surface area contributed by atoms with Crippen molar-refractivity contribution in [3.63, 3.8) is 0 Å². The van der Waals surface area contributed by atoms with Gasteiger partial charge < -0.3 is 56.4 Å². The highest BCUT2D eigenvalue weighted by Gasteiger charge is 2.33. The molecule has 2 aromatic rings. The van der Waals surface area contributed by atoms with Crippen LogP contribution in [0.4, 0.5) is 4.79 Å². The van der Waals surface area contributed by atoms with Crippen LogP contribution >= 0.6 is 0 Å². The summed E-state index contributed by atoms with van der Waals surface area (Å²) in [4.78, 5) is 80.8. The second kappa shape index (κ2) is 25.6. The number of hydrogen-bond acceptors (Lipinski definition) is 11. The van der Waals surface area contributed by atoms with E-state index < -0.39 is 88.3 Å². The summed E-state index contributed by atoms with van der Waals surface area (Å²) in [6.45, 7) is 25.7. The van der Waals surface area contributed by atoms with Crippen LogP contribution in [0.1, 0.15) is 134 Å². The molecule has 2 rings (SSSR count). The molecule has 8 N–H and O–H groups in total. The fourth-order valence-electron chi connectivity index (χ4n) is 6.44. The Balaban J connectivity index is 2.46. The summed E-state index contributed by atoms with van der Waals surface area (Å²) in [5, 5.41) is 23.5. The van der Waals surface area contributed by atoms with Crippen molar-refractivity contribution in [2.75, 3.05) is 13.2 Å². The van der Waals surface area contributed by atoms with Gasteiger partial charge in [0.15, 0.2) is 0 Å². The number of alkyl carbamates (subject to hydrolysis) is 1. The molecule has 0 saturated heterocycles. The number of amides is 5. The van der Waals surface area contributed by atoms with Gasteiger partial charge in [-0.05, 0) is 156 Å². The molecule has 0 unspecified atom stereocenters. The van der Waals surface area contributed by atoms with E-state index in [4.69, 9.17) is 24.7 Å². The Morgan fingerprint density at radius 3 is 1.48 bits per heavy atom. The van der Waals surface area contributed by atoms with Crippen LogP contribution in [0.15, 0.2) is 48.5 Å². The van der Waals surface area contributed by atoms with Gasteiger partial charge >= 0.3 is 12.1 Å².